The fourth-order valence-corrected chi connectivity index (χ4v) is 4.06. The lowest BCUT2D eigenvalue weighted by atomic mass is 10.2. The monoisotopic (exact) mass is 399 g/mol. The van der Waals surface area contributed by atoms with Crippen molar-refractivity contribution >= 4 is 40.1 Å². The lowest BCUT2D eigenvalue weighted by molar-refractivity contribution is -0.128. The molecule has 1 aliphatic rings. The summed E-state index contributed by atoms with van der Waals surface area (Å²) in [4.78, 5) is 31.4. The van der Waals surface area contributed by atoms with Gasteiger partial charge in [0.15, 0.2) is 5.17 Å². The van der Waals surface area contributed by atoms with E-state index in [1.54, 1.807) is 4.90 Å². The van der Waals surface area contributed by atoms with Crippen LogP contribution in [0.2, 0.25) is 0 Å². The number of carbonyl (C=O) groups is 2. The Morgan fingerprint density at radius 1 is 1.25 bits per heavy atom. The Kier molecular flexibility index (Phi) is 6.46. The second-order valence-corrected chi connectivity index (χ2v) is 7.76. The molecule has 0 aromatic heterocycles. The lowest BCUT2D eigenvalue weighted by Gasteiger charge is -2.15. The molecule has 28 heavy (non-hydrogen) atoms. The number of benzene rings is 2. The van der Waals surface area contributed by atoms with Crippen LogP contribution in [0.5, 0.6) is 0 Å². The van der Waals surface area contributed by atoms with Crippen molar-refractivity contribution in [2.24, 2.45) is 4.99 Å². The molecule has 2 amide bonds. The van der Waals surface area contributed by atoms with Gasteiger partial charge in [-0.3, -0.25) is 14.5 Å². The number of nitrogens with zero attached hydrogens (tertiary/aromatic N) is 2. The summed E-state index contributed by atoms with van der Waals surface area (Å²) < 4.78 is 13.0. The van der Waals surface area contributed by atoms with Gasteiger partial charge in [-0.25, -0.2) is 9.38 Å². The molecule has 1 fully saturated rings. The number of aliphatic imine (C=N–C) groups is 1. The van der Waals surface area contributed by atoms with Crippen LogP contribution < -0.4 is 5.32 Å². The second kappa shape index (κ2) is 9.01. The van der Waals surface area contributed by atoms with Gasteiger partial charge in [-0.15, -0.1) is 0 Å². The van der Waals surface area contributed by atoms with Crippen LogP contribution in [0, 0.1) is 12.7 Å². The minimum absolute atomic E-state index is 0.0356. The largest absolute Gasteiger partial charge is 0.326 e. The number of hydrogen-bond donors (Lipinski definition) is 1. The first-order valence-electron chi connectivity index (χ1n) is 9.15. The minimum atomic E-state index is -0.518. The minimum Gasteiger partial charge on any atom is -0.326 e. The number of anilines is 1. The number of amides is 2. The van der Waals surface area contributed by atoms with Gasteiger partial charge in [-0.2, -0.15) is 0 Å². The zero-order chi connectivity index (χ0) is 20.1. The van der Waals surface area contributed by atoms with Gasteiger partial charge in [0.2, 0.25) is 11.8 Å². The van der Waals surface area contributed by atoms with Crippen LogP contribution in [-0.2, 0) is 9.59 Å². The van der Waals surface area contributed by atoms with Crippen molar-refractivity contribution in [1.29, 1.82) is 0 Å². The number of carbonyl (C=O) groups excluding carboxylic acids is 2. The van der Waals surface area contributed by atoms with Gasteiger partial charge in [0, 0.05) is 18.7 Å². The third-order valence-electron chi connectivity index (χ3n) is 4.19. The SMILES string of the molecule is CCCN1C(=O)[C@H](CC(=O)Nc2ccc(F)cc2)SC1=Nc1cccc(C)c1. The predicted molar refractivity (Wildman–Crippen MR) is 111 cm³/mol. The molecule has 1 aliphatic heterocycles. The molecule has 2 aromatic carbocycles. The molecule has 0 saturated carbocycles. The van der Waals surface area contributed by atoms with E-state index in [2.05, 4.69) is 10.3 Å². The Bertz CT molecular complexity index is 899. The van der Waals surface area contributed by atoms with Crippen molar-refractivity contribution < 1.29 is 14.0 Å². The first kappa shape index (κ1) is 20.1. The van der Waals surface area contributed by atoms with Crippen LogP contribution >= 0.6 is 11.8 Å². The summed E-state index contributed by atoms with van der Waals surface area (Å²) in [5, 5.41) is 2.81. The topological polar surface area (TPSA) is 61.8 Å². The molecule has 1 N–H and O–H groups in total. The number of nitrogens with one attached hydrogen (secondary N) is 1. The Hall–Kier alpha value is -2.67. The van der Waals surface area contributed by atoms with Crippen LogP contribution in [0.4, 0.5) is 15.8 Å². The van der Waals surface area contributed by atoms with Crippen molar-refractivity contribution in [2.45, 2.75) is 31.9 Å². The summed E-state index contributed by atoms with van der Waals surface area (Å²) in [6.07, 6.45) is 0.835. The fraction of sp³-hybridized carbons (Fsp3) is 0.286. The molecule has 0 radical (unpaired) electrons. The number of halogens is 1. The lowest BCUT2D eigenvalue weighted by Crippen LogP contribution is -2.34. The summed E-state index contributed by atoms with van der Waals surface area (Å²) >= 11 is 1.31. The van der Waals surface area contributed by atoms with Crippen molar-refractivity contribution in [3.05, 3.63) is 59.9 Å². The summed E-state index contributed by atoms with van der Waals surface area (Å²) in [6.45, 7) is 4.55. The summed E-state index contributed by atoms with van der Waals surface area (Å²) in [6, 6.07) is 13.3. The maximum atomic E-state index is 13.0. The highest BCUT2D eigenvalue weighted by molar-refractivity contribution is 8.15. The smallest absolute Gasteiger partial charge is 0.242 e. The van der Waals surface area contributed by atoms with E-state index in [1.807, 2.05) is 38.1 Å². The third kappa shape index (κ3) is 4.98. The molecular weight excluding hydrogens is 377 g/mol. The van der Waals surface area contributed by atoms with Crippen molar-refractivity contribution in [3.8, 4) is 0 Å². The van der Waals surface area contributed by atoms with Gasteiger partial charge in [-0.05, 0) is 55.3 Å². The summed E-state index contributed by atoms with van der Waals surface area (Å²) in [7, 11) is 0. The van der Waals surface area contributed by atoms with Crippen molar-refractivity contribution in [1.82, 2.24) is 4.90 Å². The first-order valence-corrected chi connectivity index (χ1v) is 10.0. The molecule has 1 heterocycles. The van der Waals surface area contributed by atoms with E-state index in [-0.39, 0.29) is 24.1 Å². The van der Waals surface area contributed by atoms with Gasteiger partial charge in [0.1, 0.15) is 11.1 Å². The Balaban J connectivity index is 1.72. The molecule has 0 spiro atoms. The van der Waals surface area contributed by atoms with E-state index in [9.17, 15) is 14.0 Å². The van der Waals surface area contributed by atoms with Crippen LogP contribution in [0.3, 0.4) is 0 Å². The highest BCUT2D eigenvalue weighted by Crippen LogP contribution is 2.32. The first-order chi connectivity index (χ1) is 13.5. The highest BCUT2D eigenvalue weighted by Gasteiger charge is 2.38. The van der Waals surface area contributed by atoms with E-state index in [0.717, 1.165) is 17.7 Å². The van der Waals surface area contributed by atoms with Crippen LogP contribution in [0.15, 0.2) is 53.5 Å². The molecule has 5 nitrogen and oxygen atoms in total. The Morgan fingerprint density at radius 3 is 2.68 bits per heavy atom. The number of amidine groups is 1. The summed E-state index contributed by atoms with van der Waals surface area (Å²) in [5.74, 6) is -0.759. The molecule has 0 aliphatic carbocycles. The third-order valence-corrected chi connectivity index (χ3v) is 5.37. The van der Waals surface area contributed by atoms with Gasteiger partial charge < -0.3 is 5.32 Å². The van der Waals surface area contributed by atoms with Gasteiger partial charge in [0.05, 0.1) is 5.69 Å². The summed E-state index contributed by atoms with van der Waals surface area (Å²) in [5.41, 5.74) is 2.38. The van der Waals surface area contributed by atoms with Crippen LogP contribution in [0.25, 0.3) is 0 Å². The predicted octanol–water partition coefficient (Wildman–Crippen LogP) is 4.50. The van der Waals surface area contributed by atoms with Crippen molar-refractivity contribution in [3.63, 3.8) is 0 Å². The van der Waals surface area contributed by atoms with Crippen LogP contribution in [0.1, 0.15) is 25.3 Å². The number of rotatable bonds is 6. The molecule has 2 aromatic rings. The molecular formula is C21H22FN3O2S. The molecule has 1 atom stereocenters. The van der Waals surface area contributed by atoms with Gasteiger partial charge in [-0.1, -0.05) is 30.8 Å². The zero-order valence-electron chi connectivity index (χ0n) is 15.8. The molecule has 1 saturated heterocycles. The average Bonchev–Trinajstić information content (AvgIpc) is 2.93. The van der Waals surface area contributed by atoms with E-state index >= 15 is 0 Å². The maximum absolute atomic E-state index is 13.0. The van der Waals surface area contributed by atoms with Gasteiger partial charge in [0.25, 0.3) is 0 Å². The van der Waals surface area contributed by atoms with E-state index in [1.165, 1.54) is 36.0 Å². The van der Waals surface area contributed by atoms with E-state index < -0.39 is 5.25 Å². The zero-order valence-corrected chi connectivity index (χ0v) is 16.6. The molecule has 3 rings (SSSR count). The average molecular weight is 399 g/mol. The molecule has 7 heteroatoms. The fourth-order valence-electron chi connectivity index (χ4n) is 2.88. The number of thioether (sulfide) groups is 1. The second-order valence-electron chi connectivity index (χ2n) is 6.59. The van der Waals surface area contributed by atoms with Gasteiger partial charge >= 0.3 is 0 Å². The molecule has 146 valence electrons. The maximum Gasteiger partial charge on any atom is 0.242 e. The van der Waals surface area contributed by atoms with Crippen molar-refractivity contribution in [2.75, 3.05) is 11.9 Å². The van der Waals surface area contributed by atoms with E-state index in [0.29, 0.717) is 17.4 Å². The molecule has 0 unspecified atom stereocenters. The quantitative estimate of drug-likeness (QED) is 0.778. The van der Waals surface area contributed by atoms with E-state index in [4.69, 9.17) is 0 Å². The molecule has 0 bridgehead atoms. The Morgan fingerprint density at radius 2 is 2.00 bits per heavy atom. The number of hydrogen-bond acceptors (Lipinski definition) is 4. The van der Waals surface area contributed by atoms with Crippen LogP contribution in [-0.4, -0.2) is 33.7 Å². The normalized spacial score (nSPS) is 18.0. The number of aryl methyl sites for hydroxylation is 1. The Labute approximate surface area is 168 Å². The standard InChI is InChI=1S/C21H22FN3O2S/c1-3-11-25-20(27)18(13-19(26)23-16-9-7-15(22)8-10-16)28-21(25)24-17-6-4-5-14(2)12-17/h4-10,12,18H,3,11,13H2,1-2H3,(H,23,26)/t18-/m0/s1. The highest BCUT2D eigenvalue weighted by atomic mass is 32.2.